The van der Waals surface area contributed by atoms with Crippen molar-refractivity contribution in [3.63, 3.8) is 0 Å². The van der Waals surface area contributed by atoms with Gasteiger partial charge >= 0.3 is 0 Å². The molecule has 30 heavy (non-hydrogen) atoms. The van der Waals surface area contributed by atoms with E-state index in [-0.39, 0.29) is 5.82 Å². The van der Waals surface area contributed by atoms with Crippen molar-refractivity contribution < 1.29 is 12.8 Å². The zero-order valence-corrected chi connectivity index (χ0v) is 18.3. The number of benzene rings is 2. The van der Waals surface area contributed by atoms with Crippen LogP contribution in [-0.2, 0) is 16.3 Å². The molecule has 0 aliphatic carbocycles. The second kappa shape index (κ2) is 9.93. The smallest absolute Gasteiger partial charge is 0.194 e. The SMILES string of the molecule is CCNC(=NCCc1ccc(S(C)(=O)=O)cc1)N1CCN(c2ccc(F)cc2)CC1. The molecule has 0 aromatic heterocycles. The minimum absolute atomic E-state index is 0.218. The number of rotatable bonds is 6. The zero-order valence-electron chi connectivity index (χ0n) is 17.5. The third-order valence-corrected chi connectivity index (χ3v) is 6.25. The van der Waals surface area contributed by atoms with Crippen LogP contribution in [0.25, 0.3) is 0 Å². The first-order valence-corrected chi connectivity index (χ1v) is 12.1. The van der Waals surface area contributed by atoms with E-state index in [1.807, 2.05) is 31.2 Å². The van der Waals surface area contributed by atoms with Gasteiger partial charge in [-0.3, -0.25) is 4.99 Å². The molecule has 0 bridgehead atoms. The maximum absolute atomic E-state index is 13.1. The van der Waals surface area contributed by atoms with Crippen LogP contribution < -0.4 is 10.2 Å². The van der Waals surface area contributed by atoms with Gasteiger partial charge in [0.1, 0.15) is 5.82 Å². The number of sulfone groups is 1. The lowest BCUT2D eigenvalue weighted by Crippen LogP contribution is -2.52. The standard InChI is InChI=1S/C22H29FN4O2S/c1-3-24-22(25-13-12-18-4-10-21(11-5-18)30(2,28)29)27-16-14-26(15-17-27)20-8-6-19(23)7-9-20/h4-11H,3,12-17H2,1-2H3,(H,24,25). The number of nitrogens with zero attached hydrogens (tertiary/aromatic N) is 3. The summed E-state index contributed by atoms with van der Waals surface area (Å²) in [5.74, 6) is 0.675. The van der Waals surface area contributed by atoms with Crippen LogP contribution in [0.5, 0.6) is 0 Å². The number of aliphatic imine (C=N–C) groups is 1. The Balaban J connectivity index is 1.56. The number of guanidine groups is 1. The Bertz CT molecular complexity index is 952. The molecular formula is C22H29FN4O2S. The van der Waals surface area contributed by atoms with Crippen LogP contribution in [0.1, 0.15) is 12.5 Å². The Morgan fingerprint density at radius 1 is 1.03 bits per heavy atom. The van der Waals surface area contributed by atoms with Crippen LogP contribution in [-0.4, -0.2) is 64.8 Å². The van der Waals surface area contributed by atoms with Crippen molar-refractivity contribution >= 4 is 21.5 Å². The predicted molar refractivity (Wildman–Crippen MR) is 119 cm³/mol. The highest BCUT2D eigenvalue weighted by Gasteiger charge is 2.19. The molecule has 1 N–H and O–H groups in total. The van der Waals surface area contributed by atoms with E-state index in [1.165, 1.54) is 18.4 Å². The number of anilines is 1. The summed E-state index contributed by atoms with van der Waals surface area (Å²) in [4.78, 5) is 9.59. The van der Waals surface area contributed by atoms with E-state index in [4.69, 9.17) is 4.99 Å². The fourth-order valence-corrected chi connectivity index (χ4v) is 4.08. The monoisotopic (exact) mass is 432 g/mol. The van der Waals surface area contributed by atoms with E-state index in [2.05, 4.69) is 15.1 Å². The third kappa shape index (κ3) is 5.95. The van der Waals surface area contributed by atoms with E-state index >= 15 is 0 Å². The largest absolute Gasteiger partial charge is 0.368 e. The van der Waals surface area contributed by atoms with Gasteiger partial charge in [-0.15, -0.1) is 0 Å². The van der Waals surface area contributed by atoms with Crippen molar-refractivity contribution in [1.82, 2.24) is 10.2 Å². The summed E-state index contributed by atoms with van der Waals surface area (Å²) >= 11 is 0. The topological polar surface area (TPSA) is 65.0 Å². The lowest BCUT2D eigenvalue weighted by atomic mass is 10.1. The molecule has 0 atom stereocenters. The average molecular weight is 433 g/mol. The normalized spacial score (nSPS) is 15.4. The highest BCUT2D eigenvalue weighted by molar-refractivity contribution is 7.90. The molecule has 2 aromatic rings. The van der Waals surface area contributed by atoms with Gasteiger partial charge in [-0.05, 0) is 55.3 Å². The predicted octanol–water partition coefficient (Wildman–Crippen LogP) is 2.56. The molecule has 0 spiro atoms. The van der Waals surface area contributed by atoms with Gasteiger partial charge in [-0.25, -0.2) is 12.8 Å². The van der Waals surface area contributed by atoms with Crippen molar-refractivity contribution in [2.45, 2.75) is 18.2 Å². The highest BCUT2D eigenvalue weighted by Crippen LogP contribution is 2.17. The van der Waals surface area contributed by atoms with Gasteiger partial charge in [0, 0.05) is 51.2 Å². The first-order valence-electron chi connectivity index (χ1n) is 10.2. The van der Waals surface area contributed by atoms with Gasteiger partial charge < -0.3 is 15.1 Å². The summed E-state index contributed by atoms with van der Waals surface area (Å²) in [5.41, 5.74) is 2.10. The van der Waals surface area contributed by atoms with Gasteiger partial charge in [-0.2, -0.15) is 0 Å². The van der Waals surface area contributed by atoms with Gasteiger partial charge in [0.05, 0.1) is 4.90 Å². The van der Waals surface area contributed by atoms with Crippen molar-refractivity contribution in [1.29, 1.82) is 0 Å². The van der Waals surface area contributed by atoms with Gasteiger partial charge in [0.15, 0.2) is 15.8 Å². The number of halogens is 1. The van der Waals surface area contributed by atoms with Crippen molar-refractivity contribution in [2.75, 3.05) is 50.4 Å². The molecule has 0 unspecified atom stereocenters. The van der Waals surface area contributed by atoms with Crippen LogP contribution in [0, 0.1) is 5.82 Å². The Labute approximate surface area is 178 Å². The fraction of sp³-hybridized carbons (Fsp3) is 0.409. The molecule has 6 nitrogen and oxygen atoms in total. The van der Waals surface area contributed by atoms with E-state index in [9.17, 15) is 12.8 Å². The summed E-state index contributed by atoms with van der Waals surface area (Å²) < 4.78 is 36.3. The fourth-order valence-electron chi connectivity index (χ4n) is 3.45. The molecule has 1 saturated heterocycles. The average Bonchev–Trinajstić information content (AvgIpc) is 2.74. The second-order valence-corrected chi connectivity index (χ2v) is 9.37. The van der Waals surface area contributed by atoms with Crippen molar-refractivity contribution in [3.8, 4) is 0 Å². The van der Waals surface area contributed by atoms with Crippen LogP contribution in [0.3, 0.4) is 0 Å². The van der Waals surface area contributed by atoms with Crippen molar-refractivity contribution in [3.05, 3.63) is 59.9 Å². The molecule has 1 aliphatic heterocycles. The molecule has 3 rings (SSSR count). The van der Waals surface area contributed by atoms with Gasteiger partial charge in [0.25, 0.3) is 0 Å². The zero-order chi connectivity index (χ0) is 21.6. The van der Waals surface area contributed by atoms with Crippen LogP contribution >= 0.6 is 0 Å². The van der Waals surface area contributed by atoms with Crippen molar-refractivity contribution in [2.24, 2.45) is 4.99 Å². The highest BCUT2D eigenvalue weighted by atomic mass is 32.2. The number of hydrogen-bond acceptors (Lipinski definition) is 4. The summed E-state index contributed by atoms with van der Waals surface area (Å²) in [6.45, 7) is 6.84. The molecule has 8 heteroatoms. The first-order chi connectivity index (χ1) is 14.4. The van der Waals surface area contributed by atoms with Gasteiger partial charge in [0.2, 0.25) is 0 Å². The number of nitrogens with one attached hydrogen (secondary N) is 1. The van der Waals surface area contributed by atoms with E-state index < -0.39 is 9.84 Å². The summed E-state index contributed by atoms with van der Waals surface area (Å²) in [7, 11) is -3.17. The van der Waals surface area contributed by atoms with Gasteiger partial charge in [-0.1, -0.05) is 12.1 Å². The molecule has 0 radical (unpaired) electrons. The number of hydrogen-bond donors (Lipinski definition) is 1. The lowest BCUT2D eigenvalue weighted by molar-refractivity contribution is 0.372. The number of piperazine rings is 1. The molecule has 2 aromatic carbocycles. The second-order valence-electron chi connectivity index (χ2n) is 7.35. The minimum Gasteiger partial charge on any atom is -0.368 e. The summed E-state index contributed by atoms with van der Waals surface area (Å²) in [6.07, 6.45) is 1.96. The molecule has 0 saturated carbocycles. The van der Waals surface area contributed by atoms with E-state index in [0.29, 0.717) is 11.4 Å². The third-order valence-electron chi connectivity index (χ3n) is 5.12. The minimum atomic E-state index is -3.17. The summed E-state index contributed by atoms with van der Waals surface area (Å²) in [5, 5.41) is 3.36. The Kier molecular flexibility index (Phi) is 7.31. The molecule has 1 fully saturated rings. The van der Waals surface area contributed by atoms with Crippen LogP contribution in [0.4, 0.5) is 10.1 Å². The lowest BCUT2D eigenvalue weighted by Gasteiger charge is -2.37. The molecular weight excluding hydrogens is 403 g/mol. The molecule has 1 aliphatic rings. The molecule has 0 amide bonds. The Hall–Kier alpha value is -2.61. The quantitative estimate of drug-likeness (QED) is 0.561. The van der Waals surface area contributed by atoms with Crippen LogP contribution in [0.2, 0.25) is 0 Å². The molecule has 1 heterocycles. The summed E-state index contributed by atoms with van der Waals surface area (Å²) in [6, 6.07) is 13.6. The first kappa shape index (κ1) is 22.1. The maximum atomic E-state index is 13.1. The molecule has 162 valence electrons. The van der Waals surface area contributed by atoms with Crippen LogP contribution in [0.15, 0.2) is 58.4 Å². The maximum Gasteiger partial charge on any atom is 0.194 e. The Morgan fingerprint density at radius 2 is 1.67 bits per heavy atom. The Morgan fingerprint density at radius 3 is 2.23 bits per heavy atom. The van der Waals surface area contributed by atoms with E-state index in [1.54, 1.807) is 12.1 Å². The van der Waals surface area contributed by atoms with E-state index in [0.717, 1.165) is 56.4 Å².